The van der Waals surface area contributed by atoms with E-state index in [4.69, 9.17) is 4.74 Å². The molecule has 0 amide bonds. The molecule has 4 nitrogen and oxygen atoms in total. The van der Waals surface area contributed by atoms with Crippen LogP contribution in [0.1, 0.15) is 30.7 Å². The summed E-state index contributed by atoms with van der Waals surface area (Å²) in [6.07, 6.45) is 4.04. The predicted octanol–water partition coefficient (Wildman–Crippen LogP) is 2.54. The highest BCUT2D eigenvalue weighted by atomic mass is 16.5. The van der Waals surface area contributed by atoms with Gasteiger partial charge in [0.2, 0.25) is 5.88 Å². The summed E-state index contributed by atoms with van der Waals surface area (Å²) in [5.41, 5.74) is 1.61. The molecule has 0 aliphatic rings. The van der Waals surface area contributed by atoms with Gasteiger partial charge < -0.3 is 9.84 Å². The zero-order chi connectivity index (χ0) is 13.5. The third-order valence-electron chi connectivity index (χ3n) is 2.70. The van der Waals surface area contributed by atoms with E-state index in [1.165, 1.54) is 0 Å². The Morgan fingerprint density at radius 1 is 1.21 bits per heavy atom. The Kier molecular flexibility index (Phi) is 4.86. The molecule has 0 aliphatic heterocycles. The Hall–Kier alpha value is -1.94. The summed E-state index contributed by atoms with van der Waals surface area (Å²) in [7, 11) is 0. The van der Waals surface area contributed by atoms with Gasteiger partial charge in [0.1, 0.15) is 0 Å². The van der Waals surface area contributed by atoms with Crippen molar-refractivity contribution in [1.82, 2.24) is 9.97 Å². The van der Waals surface area contributed by atoms with Gasteiger partial charge >= 0.3 is 0 Å². The van der Waals surface area contributed by atoms with Crippen LogP contribution in [0, 0.1) is 0 Å². The first-order chi connectivity index (χ1) is 9.29. The number of rotatable bonds is 6. The zero-order valence-electron chi connectivity index (χ0n) is 11.0. The van der Waals surface area contributed by atoms with E-state index in [0.717, 1.165) is 17.7 Å². The summed E-state index contributed by atoms with van der Waals surface area (Å²) in [6, 6.07) is 9.54. The van der Waals surface area contributed by atoms with Crippen molar-refractivity contribution in [2.75, 3.05) is 6.61 Å². The molecule has 0 fully saturated rings. The van der Waals surface area contributed by atoms with Crippen LogP contribution in [0.2, 0.25) is 0 Å². The van der Waals surface area contributed by atoms with Gasteiger partial charge in [0, 0.05) is 12.6 Å². The maximum absolute atomic E-state index is 10.1. The van der Waals surface area contributed by atoms with Crippen molar-refractivity contribution in [2.45, 2.75) is 25.9 Å². The minimum atomic E-state index is -0.572. The quantitative estimate of drug-likeness (QED) is 0.865. The van der Waals surface area contributed by atoms with Crippen LogP contribution in [0.4, 0.5) is 0 Å². The van der Waals surface area contributed by atoms with Crippen molar-refractivity contribution in [1.29, 1.82) is 0 Å². The number of aliphatic hydroxyl groups is 1. The van der Waals surface area contributed by atoms with Gasteiger partial charge in [-0.2, -0.15) is 0 Å². The maximum Gasteiger partial charge on any atom is 0.232 e. The van der Waals surface area contributed by atoms with Gasteiger partial charge in [0.15, 0.2) is 0 Å². The standard InChI is InChI=1S/C15H18N2O2/c1-2-8-19-15-11-16-10-13(17-15)9-14(18)12-6-4-3-5-7-12/h3-7,10-11,14,18H,2,8-9H2,1H3. The molecule has 2 rings (SSSR count). The number of benzene rings is 1. The Morgan fingerprint density at radius 2 is 2.00 bits per heavy atom. The van der Waals surface area contributed by atoms with E-state index in [1.54, 1.807) is 12.4 Å². The van der Waals surface area contributed by atoms with E-state index in [2.05, 4.69) is 9.97 Å². The smallest absolute Gasteiger partial charge is 0.232 e. The molecular formula is C15H18N2O2. The maximum atomic E-state index is 10.1. The summed E-state index contributed by atoms with van der Waals surface area (Å²) in [4.78, 5) is 8.42. The van der Waals surface area contributed by atoms with Gasteiger partial charge in [-0.15, -0.1) is 0 Å². The average molecular weight is 258 g/mol. The van der Waals surface area contributed by atoms with Crippen molar-refractivity contribution in [3.8, 4) is 5.88 Å². The third-order valence-corrected chi connectivity index (χ3v) is 2.70. The largest absolute Gasteiger partial charge is 0.477 e. The number of hydrogen-bond acceptors (Lipinski definition) is 4. The number of hydrogen-bond donors (Lipinski definition) is 1. The molecule has 1 unspecified atom stereocenters. The van der Waals surface area contributed by atoms with Gasteiger partial charge in [0.25, 0.3) is 0 Å². The Balaban J connectivity index is 2.02. The molecule has 1 aromatic heterocycles. The van der Waals surface area contributed by atoms with Gasteiger partial charge in [-0.05, 0) is 12.0 Å². The SMILES string of the molecule is CCCOc1cncc(CC(O)c2ccccc2)n1. The first-order valence-corrected chi connectivity index (χ1v) is 6.46. The number of ether oxygens (including phenoxy) is 1. The molecule has 0 radical (unpaired) electrons. The molecule has 0 saturated heterocycles. The molecule has 0 spiro atoms. The molecule has 19 heavy (non-hydrogen) atoms. The fourth-order valence-electron chi connectivity index (χ4n) is 1.75. The summed E-state index contributed by atoms with van der Waals surface area (Å²) in [5, 5.41) is 10.1. The van der Waals surface area contributed by atoms with E-state index in [0.29, 0.717) is 18.9 Å². The lowest BCUT2D eigenvalue weighted by Gasteiger charge is -2.11. The van der Waals surface area contributed by atoms with Crippen LogP contribution in [-0.4, -0.2) is 21.7 Å². The summed E-state index contributed by atoms with van der Waals surface area (Å²) in [6.45, 7) is 2.66. The van der Waals surface area contributed by atoms with Gasteiger partial charge in [-0.25, -0.2) is 4.98 Å². The van der Waals surface area contributed by atoms with E-state index in [-0.39, 0.29) is 0 Å². The van der Waals surface area contributed by atoms with E-state index < -0.39 is 6.10 Å². The molecule has 4 heteroatoms. The minimum absolute atomic E-state index is 0.431. The highest BCUT2D eigenvalue weighted by Gasteiger charge is 2.10. The van der Waals surface area contributed by atoms with Crippen molar-refractivity contribution in [3.05, 3.63) is 54.0 Å². The topological polar surface area (TPSA) is 55.2 Å². The molecule has 0 bridgehead atoms. The lowest BCUT2D eigenvalue weighted by molar-refractivity contribution is 0.176. The predicted molar refractivity (Wildman–Crippen MR) is 72.9 cm³/mol. The summed E-state index contributed by atoms with van der Waals surface area (Å²) in [5.74, 6) is 0.514. The van der Waals surface area contributed by atoms with Crippen LogP contribution in [0.5, 0.6) is 5.88 Å². The number of nitrogens with zero attached hydrogens (tertiary/aromatic N) is 2. The average Bonchev–Trinajstić information content (AvgIpc) is 2.46. The summed E-state index contributed by atoms with van der Waals surface area (Å²) >= 11 is 0. The molecule has 100 valence electrons. The van der Waals surface area contributed by atoms with Crippen molar-refractivity contribution in [3.63, 3.8) is 0 Å². The Bertz CT molecular complexity index is 503. The fourth-order valence-corrected chi connectivity index (χ4v) is 1.75. The highest BCUT2D eigenvalue weighted by molar-refractivity contribution is 5.19. The molecule has 1 heterocycles. The highest BCUT2D eigenvalue weighted by Crippen LogP contribution is 2.17. The molecule has 1 aromatic carbocycles. The van der Waals surface area contributed by atoms with Crippen LogP contribution >= 0.6 is 0 Å². The fraction of sp³-hybridized carbons (Fsp3) is 0.333. The molecule has 1 N–H and O–H groups in total. The third kappa shape index (κ3) is 4.03. The van der Waals surface area contributed by atoms with Crippen molar-refractivity contribution in [2.24, 2.45) is 0 Å². The molecular weight excluding hydrogens is 240 g/mol. The van der Waals surface area contributed by atoms with Crippen LogP contribution in [0.25, 0.3) is 0 Å². The van der Waals surface area contributed by atoms with Crippen LogP contribution in [0.15, 0.2) is 42.7 Å². The van der Waals surface area contributed by atoms with Gasteiger partial charge in [-0.1, -0.05) is 37.3 Å². The molecule has 0 aliphatic carbocycles. The molecule has 0 saturated carbocycles. The Morgan fingerprint density at radius 3 is 2.74 bits per heavy atom. The minimum Gasteiger partial charge on any atom is -0.477 e. The van der Waals surface area contributed by atoms with Gasteiger partial charge in [0.05, 0.1) is 24.6 Å². The molecule has 1 atom stereocenters. The second kappa shape index (κ2) is 6.85. The van der Waals surface area contributed by atoms with Crippen molar-refractivity contribution < 1.29 is 9.84 Å². The van der Waals surface area contributed by atoms with Gasteiger partial charge in [-0.3, -0.25) is 4.98 Å². The lowest BCUT2D eigenvalue weighted by Crippen LogP contribution is -2.05. The first kappa shape index (κ1) is 13.5. The van der Waals surface area contributed by atoms with E-state index >= 15 is 0 Å². The number of aliphatic hydroxyl groups excluding tert-OH is 1. The van der Waals surface area contributed by atoms with Crippen LogP contribution in [-0.2, 0) is 6.42 Å². The van der Waals surface area contributed by atoms with Crippen LogP contribution < -0.4 is 4.74 Å². The van der Waals surface area contributed by atoms with Crippen LogP contribution in [0.3, 0.4) is 0 Å². The van der Waals surface area contributed by atoms with E-state index in [9.17, 15) is 5.11 Å². The Labute approximate surface area is 113 Å². The number of aromatic nitrogens is 2. The second-order valence-electron chi connectivity index (χ2n) is 4.33. The lowest BCUT2D eigenvalue weighted by atomic mass is 10.1. The zero-order valence-corrected chi connectivity index (χ0v) is 11.0. The second-order valence-corrected chi connectivity index (χ2v) is 4.33. The summed E-state index contributed by atoms with van der Waals surface area (Å²) < 4.78 is 5.43. The normalized spacial score (nSPS) is 12.1. The monoisotopic (exact) mass is 258 g/mol. The first-order valence-electron chi connectivity index (χ1n) is 6.46. The van der Waals surface area contributed by atoms with Crippen molar-refractivity contribution >= 4 is 0 Å². The molecule has 2 aromatic rings. The van der Waals surface area contributed by atoms with E-state index in [1.807, 2.05) is 37.3 Å².